The normalized spacial score (nSPS) is 11.1. The van der Waals surface area contributed by atoms with Crippen molar-refractivity contribution >= 4 is 5.97 Å². The second-order valence-electron chi connectivity index (χ2n) is 5.31. The van der Waals surface area contributed by atoms with Crippen LogP contribution < -0.4 is 4.74 Å². The fraction of sp³-hybridized carbons (Fsp3) is 0.389. The molecule has 0 saturated carbocycles. The van der Waals surface area contributed by atoms with Crippen LogP contribution in [0.2, 0.25) is 0 Å². The van der Waals surface area contributed by atoms with Gasteiger partial charge in [0.25, 0.3) is 0 Å². The lowest BCUT2D eigenvalue weighted by atomic mass is 10.1. The molecule has 108 valence electrons. The van der Waals surface area contributed by atoms with Gasteiger partial charge in [0.15, 0.2) is 0 Å². The Morgan fingerprint density at radius 1 is 1.05 bits per heavy atom. The van der Waals surface area contributed by atoms with Crippen molar-refractivity contribution in [1.29, 1.82) is 0 Å². The van der Waals surface area contributed by atoms with Crippen molar-refractivity contribution in [3.05, 3.63) is 53.1 Å². The molecule has 1 rings (SSSR count). The maximum absolute atomic E-state index is 10.8. The van der Waals surface area contributed by atoms with Crippen LogP contribution in [-0.2, 0) is 11.2 Å². The molecule has 2 heteroatoms. The third-order valence-corrected chi connectivity index (χ3v) is 2.96. The lowest BCUT2D eigenvalue weighted by molar-refractivity contribution is -0.131. The molecule has 0 aliphatic rings. The molecule has 0 amide bonds. The minimum Gasteiger partial charge on any atom is -0.427 e. The average molecular weight is 272 g/mol. The third kappa shape index (κ3) is 6.93. The van der Waals surface area contributed by atoms with Gasteiger partial charge in [0, 0.05) is 6.92 Å². The Bertz CT molecular complexity index is 489. The minimum absolute atomic E-state index is 0.284. The summed E-state index contributed by atoms with van der Waals surface area (Å²) in [5.74, 6) is 0.318. The molecule has 0 atom stereocenters. The van der Waals surface area contributed by atoms with Gasteiger partial charge in [-0.2, -0.15) is 0 Å². The summed E-state index contributed by atoms with van der Waals surface area (Å²) in [6.45, 7) is 7.84. The molecule has 0 aromatic heterocycles. The van der Waals surface area contributed by atoms with E-state index in [-0.39, 0.29) is 5.97 Å². The van der Waals surface area contributed by atoms with E-state index in [9.17, 15) is 4.79 Å². The monoisotopic (exact) mass is 272 g/mol. The summed E-state index contributed by atoms with van der Waals surface area (Å²) in [6, 6.07) is 7.67. The number of hydrogen-bond acceptors (Lipinski definition) is 2. The molecular weight excluding hydrogens is 248 g/mol. The second-order valence-corrected chi connectivity index (χ2v) is 5.31. The average Bonchev–Trinajstić information content (AvgIpc) is 2.37. The molecule has 0 heterocycles. The predicted octanol–water partition coefficient (Wildman–Crippen LogP) is 4.85. The number of allylic oxidation sites excluding steroid dienone is 4. The molecule has 0 unspecified atom stereocenters. The highest BCUT2D eigenvalue weighted by Crippen LogP contribution is 2.14. The van der Waals surface area contributed by atoms with Gasteiger partial charge in [-0.1, -0.05) is 35.4 Å². The number of benzene rings is 1. The van der Waals surface area contributed by atoms with Crippen LogP contribution in [0.15, 0.2) is 47.6 Å². The molecule has 2 nitrogen and oxygen atoms in total. The number of esters is 1. The van der Waals surface area contributed by atoms with E-state index < -0.39 is 0 Å². The molecule has 0 aliphatic heterocycles. The fourth-order valence-electron chi connectivity index (χ4n) is 1.84. The van der Waals surface area contributed by atoms with E-state index in [1.807, 2.05) is 24.3 Å². The largest absolute Gasteiger partial charge is 0.427 e. The molecule has 0 saturated heterocycles. The highest BCUT2D eigenvalue weighted by molar-refractivity contribution is 5.69. The van der Waals surface area contributed by atoms with E-state index in [1.54, 1.807) is 0 Å². The van der Waals surface area contributed by atoms with Crippen LogP contribution in [0.5, 0.6) is 5.75 Å². The maximum Gasteiger partial charge on any atom is 0.308 e. The number of hydrogen-bond donors (Lipinski definition) is 0. The van der Waals surface area contributed by atoms with E-state index in [0.29, 0.717) is 5.75 Å². The van der Waals surface area contributed by atoms with Crippen molar-refractivity contribution in [2.24, 2.45) is 0 Å². The van der Waals surface area contributed by atoms with E-state index in [4.69, 9.17) is 4.74 Å². The SMILES string of the molecule is CC(=O)Oc1ccc(CC=C(C)CCC=C(C)C)cc1. The maximum atomic E-state index is 10.8. The molecular formula is C18H24O2. The van der Waals surface area contributed by atoms with Crippen molar-refractivity contribution in [2.75, 3.05) is 0 Å². The molecule has 0 spiro atoms. The van der Waals surface area contributed by atoms with Crippen LogP contribution in [-0.4, -0.2) is 5.97 Å². The van der Waals surface area contributed by atoms with Crippen LogP contribution >= 0.6 is 0 Å². The van der Waals surface area contributed by atoms with Crippen molar-refractivity contribution in [3.8, 4) is 5.75 Å². The first-order chi connectivity index (χ1) is 9.47. The van der Waals surface area contributed by atoms with Gasteiger partial charge < -0.3 is 4.74 Å². The quantitative estimate of drug-likeness (QED) is 0.420. The van der Waals surface area contributed by atoms with E-state index in [2.05, 4.69) is 32.9 Å². The zero-order valence-corrected chi connectivity index (χ0v) is 12.9. The van der Waals surface area contributed by atoms with Crippen molar-refractivity contribution < 1.29 is 9.53 Å². The van der Waals surface area contributed by atoms with Gasteiger partial charge >= 0.3 is 5.97 Å². The molecule has 0 aliphatic carbocycles. The van der Waals surface area contributed by atoms with Gasteiger partial charge in [-0.05, 0) is 57.7 Å². The van der Waals surface area contributed by atoms with Gasteiger partial charge in [-0.3, -0.25) is 4.79 Å². The first-order valence-corrected chi connectivity index (χ1v) is 7.03. The summed E-state index contributed by atoms with van der Waals surface area (Å²) in [7, 11) is 0. The summed E-state index contributed by atoms with van der Waals surface area (Å²) in [5.41, 5.74) is 4.01. The van der Waals surface area contributed by atoms with E-state index >= 15 is 0 Å². The van der Waals surface area contributed by atoms with E-state index in [0.717, 1.165) is 19.3 Å². The first kappa shape index (κ1) is 16.2. The van der Waals surface area contributed by atoms with E-state index in [1.165, 1.54) is 23.6 Å². The van der Waals surface area contributed by atoms with Crippen LogP contribution in [0.3, 0.4) is 0 Å². The van der Waals surface area contributed by atoms with Crippen LogP contribution in [0.25, 0.3) is 0 Å². The summed E-state index contributed by atoms with van der Waals surface area (Å²) in [4.78, 5) is 10.8. The minimum atomic E-state index is -0.284. The lowest BCUT2D eigenvalue weighted by Crippen LogP contribution is -2.01. The Balaban J connectivity index is 2.48. The summed E-state index contributed by atoms with van der Waals surface area (Å²) < 4.78 is 5.01. The molecule has 1 aromatic carbocycles. The highest BCUT2D eigenvalue weighted by atomic mass is 16.5. The molecule has 20 heavy (non-hydrogen) atoms. The third-order valence-electron chi connectivity index (χ3n) is 2.96. The smallest absolute Gasteiger partial charge is 0.308 e. The molecule has 1 aromatic rings. The van der Waals surface area contributed by atoms with Gasteiger partial charge in [0.05, 0.1) is 0 Å². The molecule has 0 bridgehead atoms. The second kappa shape index (κ2) is 8.36. The van der Waals surface area contributed by atoms with Gasteiger partial charge in [-0.15, -0.1) is 0 Å². The van der Waals surface area contributed by atoms with Gasteiger partial charge in [0.1, 0.15) is 5.75 Å². The zero-order valence-electron chi connectivity index (χ0n) is 12.9. The van der Waals surface area contributed by atoms with Crippen molar-refractivity contribution in [1.82, 2.24) is 0 Å². The Morgan fingerprint density at radius 2 is 1.70 bits per heavy atom. The summed E-state index contributed by atoms with van der Waals surface area (Å²) in [6.07, 6.45) is 7.67. The number of ether oxygens (including phenoxy) is 1. The van der Waals surface area contributed by atoms with Crippen molar-refractivity contribution in [3.63, 3.8) is 0 Å². The topological polar surface area (TPSA) is 26.3 Å². The van der Waals surface area contributed by atoms with Crippen LogP contribution in [0, 0.1) is 0 Å². The predicted molar refractivity (Wildman–Crippen MR) is 83.9 cm³/mol. The molecule has 0 radical (unpaired) electrons. The van der Waals surface area contributed by atoms with Crippen LogP contribution in [0.4, 0.5) is 0 Å². The Hall–Kier alpha value is -1.83. The Kier molecular flexibility index (Phi) is 6.78. The first-order valence-electron chi connectivity index (χ1n) is 7.03. The van der Waals surface area contributed by atoms with Crippen LogP contribution in [0.1, 0.15) is 46.1 Å². The number of rotatable bonds is 6. The summed E-state index contributed by atoms with van der Waals surface area (Å²) in [5, 5.41) is 0. The van der Waals surface area contributed by atoms with Gasteiger partial charge in [-0.25, -0.2) is 0 Å². The Labute approximate surface area is 122 Å². The molecule has 0 fully saturated rings. The Morgan fingerprint density at radius 3 is 2.25 bits per heavy atom. The zero-order chi connectivity index (χ0) is 15.0. The highest BCUT2D eigenvalue weighted by Gasteiger charge is 1.98. The standard InChI is InChI=1S/C18H24O2/c1-14(2)6-5-7-15(3)8-9-17-10-12-18(13-11-17)20-16(4)19/h6,8,10-13H,5,7,9H2,1-4H3. The number of carbonyl (C=O) groups is 1. The summed E-state index contributed by atoms with van der Waals surface area (Å²) >= 11 is 0. The number of carbonyl (C=O) groups excluding carboxylic acids is 1. The molecule has 0 N–H and O–H groups in total. The van der Waals surface area contributed by atoms with Crippen molar-refractivity contribution in [2.45, 2.75) is 47.0 Å². The van der Waals surface area contributed by atoms with Gasteiger partial charge in [0.2, 0.25) is 0 Å². The fourth-order valence-corrected chi connectivity index (χ4v) is 1.84. The lowest BCUT2D eigenvalue weighted by Gasteiger charge is -2.03.